The van der Waals surface area contributed by atoms with E-state index in [0.29, 0.717) is 16.8 Å². The van der Waals surface area contributed by atoms with Crippen LogP contribution in [0.3, 0.4) is 0 Å². The van der Waals surface area contributed by atoms with Crippen molar-refractivity contribution in [3.8, 4) is 0 Å². The molecule has 9 nitrogen and oxygen atoms in total. The van der Waals surface area contributed by atoms with Crippen LogP contribution in [-0.4, -0.2) is 71.7 Å². The van der Waals surface area contributed by atoms with Crippen LogP contribution in [0.2, 0.25) is 0 Å². The summed E-state index contributed by atoms with van der Waals surface area (Å²) in [6, 6.07) is 4.44. The first-order chi connectivity index (χ1) is 15.0. The SMILES string of the molecule is NCCCCN1CCC(Nc2cccc3c2C(=O)N(C2CCC(=O)NC2=O)C3=O)CC1. The van der Waals surface area contributed by atoms with Gasteiger partial charge in [-0.15, -0.1) is 0 Å². The van der Waals surface area contributed by atoms with Gasteiger partial charge in [-0.25, -0.2) is 0 Å². The van der Waals surface area contributed by atoms with Gasteiger partial charge in [0, 0.05) is 31.2 Å². The average molecular weight is 428 g/mol. The Morgan fingerprint density at radius 1 is 1.03 bits per heavy atom. The zero-order chi connectivity index (χ0) is 22.0. The summed E-state index contributed by atoms with van der Waals surface area (Å²) in [5, 5.41) is 5.69. The van der Waals surface area contributed by atoms with Crippen LogP contribution in [0, 0.1) is 0 Å². The first kappa shape index (κ1) is 21.5. The van der Waals surface area contributed by atoms with Crippen LogP contribution in [0.15, 0.2) is 18.2 Å². The van der Waals surface area contributed by atoms with E-state index in [-0.39, 0.29) is 24.8 Å². The number of carbonyl (C=O) groups excluding carboxylic acids is 4. The van der Waals surface area contributed by atoms with Gasteiger partial charge in [0.15, 0.2) is 0 Å². The molecule has 3 heterocycles. The van der Waals surface area contributed by atoms with E-state index in [0.717, 1.165) is 56.8 Å². The van der Waals surface area contributed by atoms with Crippen molar-refractivity contribution < 1.29 is 19.2 Å². The van der Waals surface area contributed by atoms with Crippen molar-refractivity contribution in [2.75, 3.05) is 31.5 Å². The summed E-state index contributed by atoms with van der Waals surface area (Å²) in [6.07, 6.45) is 4.30. The summed E-state index contributed by atoms with van der Waals surface area (Å²) in [6.45, 7) is 3.73. The van der Waals surface area contributed by atoms with Crippen LogP contribution in [0.1, 0.15) is 59.2 Å². The molecule has 166 valence electrons. The fourth-order valence-electron chi connectivity index (χ4n) is 4.64. The predicted molar refractivity (Wildman–Crippen MR) is 114 cm³/mol. The second-order valence-electron chi connectivity index (χ2n) is 8.43. The standard InChI is InChI=1S/C22H29N5O4/c23-10-1-2-11-26-12-8-14(9-13-26)24-16-5-3-4-15-19(16)22(31)27(21(15)30)17-6-7-18(28)25-20(17)29/h3-5,14,17,24H,1-2,6-13,23H2,(H,25,28,29). The minimum atomic E-state index is -0.949. The van der Waals surface area contributed by atoms with Gasteiger partial charge in [0.25, 0.3) is 11.8 Å². The Morgan fingerprint density at radius 3 is 2.52 bits per heavy atom. The van der Waals surface area contributed by atoms with Gasteiger partial charge in [-0.3, -0.25) is 29.4 Å². The molecule has 0 spiro atoms. The third kappa shape index (κ3) is 4.33. The highest BCUT2D eigenvalue weighted by Crippen LogP contribution is 2.33. The molecular formula is C22H29N5O4. The van der Waals surface area contributed by atoms with Crippen molar-refractivity contribution in [3.05, 3.63) is 29.3 Å². The number of nitrogens with one attached hydrogen (secondary N) is 2. The number of hydrogen-bond donors (Lipinski definition) is 3. The molecule has 1 aromatic rings. The lowest BCUT2D eigenvalue weighted by Crippen LogP contribution is -2.54. The largest absolute Gasteiger partial charge is 0.382 e. The molecule has 0 radical (unpaired) electrons. The molecule has 0 saturated carbocycles. The number of unbranched alkanes of at least 4 members (excludes halogenated alkanes) is 1. The lowest BCUT2D eigenvalue weighted by atomic mass is 10.0. The van der Waals surface area contributed by atoms with Crippen LogP contribution in [0.5, 0.6) is 0 Å². The third-order valence-electron chi connectivity index (χ3n) is 6.34. The Kier molecular flexibility index (Phi) is 6.33. The van der Waals surface area contributed by atoms with Gasteiger partial charge in [-0.05, 0) is 57.3 Å². The monoisotopic (exact) mass is 427 g/mol. The van der Waals surface area contributed by atoms with E-state index in [2.05, 4.69) is 15.5 Å². The Hall–Kier alpha value is -2.78. The minimum absolute atomic E-state index is 0.110. The lowest BCUT2D eigenvalue weighted by Gasteiger charge is -2.33. The van der Waals surface area contributed by atoms with Crippen molar-refractivity contribution in [1.29, 1.82) is 0 Å². The molecule has 4 N–H and O–H groups in total. The maximum Gasteiger partial charge on any atom is 0.264 e. The fourth-order valence-corrected chi connectivity index (χ4v) is 4.64. The number of carbonyl (C=O) groups is 4. The van der Waals surface area contributed by atoms with Gasteiger partial charge in [0.05, 0.1) is 11.1 Å². The molecule has 4 amide bonds. The van der Waals surface area contributed by atoms with E-state index >= 15 is 0 Å². The molecule has 0 bridgehead atoms. The molecule has 9 heteroatoms. The van der Waals surface area contributed by atoms with E-state index in [9.17, 15) is 19.2 Å². The topological polar surface area (TPSA) is 125 Å². The molecule has 3 aliphatic heterocycles. The van der Waals surface area contributed by atoms with E-state index < -0.39 is 23.8 Å². The predicted octanol–water partition coefficient (Wildman–Crippen LogP) is 0.703. The van der Waals surface area contributed by atoms with Crippen molar-refractivity contribution in [1.82, 2.24) is 15.1 Å². The summed E-state index contributed by atoms with van der Waals surface area (Å²) < 4.78 is 0. The number of anilines is 1. The first-order valence-electron chi connectivity index (χ1n) is 11.0. The number of imide groups is 2. The summed E-state index contributed by atoms with van der Waals surface area (Å²) in [5.41, 5.74) is 6.83. The highest BCUT2D eigenvalue weighted by molar-refractivity contribution is 6.25. The van der Waals surface area contributed by atoms with E-state index in [1.54, 1.807) is 12.1 Å². The maximum atomic E-state index is 13.2. The molecule has 3 aliphatic rings. The Morgan fingerprint density at radius 2 is 1.81 bits per heavy atom. The Balaban J connectivity index is 1.45. The van der Waals surface area contributed by atoms with E-state index in [4.69, 9.17) is 5.73 Å². The number of nitrogens with two attached hydrogens (primary N) is 1. The Bertz CT molecular complexity index is 894. The summed E-state index contributed by atoms with van der Waals surface area (Å²) in [7, 11) is 0. The number of hydrogen-bond acceptors (Lipinski definition) is 7. The summed E-state index contributed by atoms with van der Waals surface area (Å²) >= 11 is 0. The van der Waals surface area contributed by atoms with Gasteiger partial charge in [0.1, 0.15) is 6.04 Å². The number of rotatable bonds is 7. The zero-order valence-corrected chi connectivity index (χ0v) is 17.6. The van der Waals surface area contributed by atoms with Crippen LogP contribution >= 0.6 is 0 Å². The number of nitrogens with zero attached hydrogens (tertiary/aromatic N) is 2. The van der Waals surface area contributed by atoms with E-state index in [1.807, 2.05) is 6.07 Å². The van der Waals surface area contributed by atoms with Gasteiger partial charge in [-0.2, -0.15) is 0 Å². The normalized spacial score (nSPS) is 22.6. The number of amides is 4. The van der Waals surface area contributed by atoms with Crippen molar-refractivity contribution in [3.63, 3.8) is 0 Å². The second kappa shape index (κ2) is 9.15. The first-order valence-corrected chi connectivity index (χ1v) is 11.0. The van der Waals surface area contributed by atoms with Crippen LogP contribution < -0.4 is 16.4 Å². The fraction of sp³-hybridized carbons (Fsp3) is 0.545. The molecule has 31 heavy (non-hydrogen) atoms. The van der Waals surface area contributed by atoms with Gasteiger partial charge < -0.3 is 16.0 Å². The molecule has 2 saturated heterocycles. The Labute approximate surface area is 181 Å². The van der Waals surface area contributed by atoms with Crippen LogP contribution in [-0.2, 0) is 9.59 Å². The molecule has 1 unspecified atom stereocenters. The number of fused-ring (bicyclic) bond motifs is 1. The second-order valence-corrected chi connectivity index (χ2v) is 8.43. The molecule has 0 aliphatic carbocycles. The molecule has 1 aromatic carbocycles. The molecule has 1 atom stereocenters. The molecular weight excluding hydrogens is 398 g/mol. The number of piperidine rings is 2. The number of likely N-dealkylation sites (tertiary alicyclic amines) is 1. The maximum absolute atomic E-state index is 13.2. The minimum Gasteiger partial charge on any atom is -0.382 e. The van der Waals surface area contributed by atoms with Crippen LogP contribution in [0.25, 0.3) is 0 Å². The summed E-state index contributed by atoms with van der Waals surface area (Å²) in [4.78, 5) is 53.3. The van der Waals surface area contributed by atoms with Crippen molar-refractivity contribution >= 4 is 29.3 Å². The lowest BCUT2D eigenvalue weighted by molar-refractivity contribution is -0.136. The molecule has 0 aromatic heterocycles. The average Bonchev–Trinajstić information content (AvgIpc) is 3.01. The van der Waals surface area contributed by atoms with Gasteiger partial charge in [-0.1, -0.05) is 6.07 Å². The zero-order valence-electron chi connectivity index (χ0n) is 17.6. The molecule has 2 fully saturated rings. The molecule has 4 rings (SSSR count). The smallest absolute Gasteiger partial charge is 0.264 e. The van der Waals surface area contributed by atoms with Gasteiger partial charge >= 0.3 is 0 Å². The van der Waals surface area contributed by atoms with Crippen molar-refractivity contribution in [2.24, 2.45) is 5.73 Å². The summed E-state index contributed by atoms with van der Waals surface area (Å²) in [5.74, 6) is -1.93. The number of benzene rings is 1. The third-order valence-corrected chi connectivity index (χ3v) is 6.34. The highest BCUT2D eigenvalue weighted by atomic mass is 16.2. The van der Waals surface area contributed by atoms with Gasteiger partial charge in [0.2, 0.25) is 11.8 Å². The van der Waals surface area contributed by atoms with Crippen molar-refractivity contribution in [2.45, 2.75) is 50.6 Å². The quantitative estimate of drug-likeness (QED) is 0.432. The van der Waals surface area contributed by atoms with Crippen LogP contribution in [0.4, 0.5) is 5.69 Å². The van der Waals surface area contributed by atoms with E-state index in [1.165, 1.54) is 0 Å². The highest BCUT2D eigenvalue weighted by Gasteiger charge is 2.45.